The number of rotatable bonds is 5. The molecule has 0 bridgehead atoms. The molecule has 4 heterocycles. The minimum absolute atomic E-state index is 0.0102. The summed E-state index contributed by atoms with van der Waals surface area (Å²) in [6, 6.07) is 0. The predicted molar refractivity (Wildman–Crippen MR) is 96.4 cm³/mol. The van der Waals surface area contributed by atoms with E-state index in [4.69, 9.17) is 14.2 Å². The number of carbonyl (C=O) groups excluding carboxylic acids is 3. The third-order valence-corrected chi connectivity index (χ3v) is 4.53. The Morgan fingerprint density at radius 1 is 1.03 bits per heavy atom. The minimum atomic E-state index is -1.15. The number of hydroxylamine groups is 2. The monoisotopic (exact) mass is 417 g/mol. The summed E-state index contributed by atoms with van der Waals surface area (Å²) in [5, 5.41) is 16.6. The van der Waals surface area contributed by atoms with E-state index in [1.165, 1.54) is 0 Å². The number of aromatic nitrogens is 4. The molecule has 2 amide bonds. The van der Waals surface area contributed by atoms with Crippen LogP contribution in [0.2, 0.25) is 0 Å². The fraction of sp³-hybridized carbons (Fsp3) is 0.500. The zero-order chi connectivity index (χ0) is 20.9. The molecule has 0 aromatic carbocycles. The van der Waals surface area contributed by atoms with Gasteiger partial charge in [-0.25, -0.2) is 4.79 Å². The summed E-state index contributed by atoms with van der Waals surface area (Å²) in [6.45, 7) is 0.474. The van der Waals surface area contributed by atoms with Crippen molar-refractivity contribution in [2.75, 3.05) is 13.2 Å². The van der Waals surface area contributed by atoms with Gasteiger partial charge in [-0.15, -0.1) is 20.4 Å². The first kappa shape index (κ1) is 19.7. The maximum absolute atomic E-state index is 11.7. The highest BCUT2D eigenvalue weighted by Crippen LogP contribution is 2.24. The molecule has 3 aliphatic heterocycles. The second kappa shape index (κ2) is 8.84. The van der Waals surface area contributed by atoms with Crippen molar-refractivity contribution in [3.05, 3.63) is 23.8 Å². The van der Waals surface area contributed by atoms with Gasteiger partial charge in [-0.2, -0.15) is 0 Å². The van der Waals surface area contributed by atoms with E-state index < -0.39 is 24.1 Å². The number of nitrogens with zero attached hydrogens (tertiary/aromatic N) is 5. The first-order valence-electron chi connectivity index (χ1n) is 9.58. The first-order chi connectivity index (χ1) is 14.6. The van der Waals surface area contributed by atoms with Gasteiger partial charge < -0.3 is 14.2 Å². The Morgan fingerprint density at radius 3 is 2.37 bits per heavy atom. The standard InChI is InChI=1S/C18H19N5O7/c24-14-7-8-15(25)23(14)30-18(26)28-10-11-4-3-6-13(29-11)17-21-19-16(20-22-17)12-5-1-2-9-27-12/h5-6,11H,1-4,7-10H2. The van der Waals surface area contributed by atoms with Gasteiger partial charge in [-0.05, 0) is 37.8 Å². The SMILES string of the molecule is O=C(OCC1CCC=C(c2nnc(C3=CCCCO3)nn2)O1)ON1C(=O)CCC1=O. The highest BCUT2D eigenvalue weighted by atomic mass is 16.8. The molecule has 0 radical (unpaired) electrons. The molecule has 1 atom stereocenters. The third-order valence-electron chi connectivity index (χ3n) is 4.53. The predicted octanol–water partition coefficient (Wildman–Crippen LogP) is 1.15. The minimum Gasteiger partial charge on any atom is -0.490 e. The maximum atomic E-state index is 11.7. The molecule has 4 rings (SSSR count). The lowest BCUT2D eigenvalue weighted by Crippen LogP contribution is -2.33. The van der Waals surface area contributed by atoms with Crippen LogP contribution in [-0.2, 0) is 28.6 Å². The molecule has 0 saturated carbocycles. The van der Waals surface area contributed by atoms with Gasteiger partial charge in [0.25, 0.3) is 11.8 Å². The zero-order valence-corrected chi connectivity index (χ0v) is 16.0. The van der Waals surface area contributed by atoms with E-state index >= 15 is 0 Å². The molecule has 12 nitrogen and oxygen atoms in total. The Balaban J connectivity index is 1.29. The van der Waals surface area contributed by atoms with Gasteiger partial charge in [-0.3, -0.25) is 14.4 Å². The Bertz CT molecular complexity index is 883. The summed E-state index contributed by atoms with van der Waals surface area (Å²) >= 11 is 0. The zero-order valence-electron chi connectivity index (χ0n) is 16.0. The fourth-order valence-corrected chi connectivity index (χ4v) is 3.01. The largest absolute Gasteiger partial charge is 0.534 e. The highest BCUT2D eigenvalue weighted by molar-refractivity contribution is 6.01. The van der Waals surface area contributed by atoms with Crippen LogP contribution in [0.1, 0.15) is 50.2 Å². The summed E-state index contributed by atoms with van der Waals surface area (Å²) in [7, 11) is 0. The second-order valence-corrected chi connectivity index (χ2v) is 6.73. The molecule has 1 fully saturated rings. The van der Waals surface area contributed by atoms with Crippen LogP contribution in [-0.4, -0.2) is 62.7 Å². The topological polar surface area (TPSA) is 143 Å². The van der Waals surface area contributed by atoms with Crippen molar-refractivity contribution in [2.45, 2.75) is 44.6 Å². The Labute approximate surface area is 170 Å². The Kier molecular flexibility index (Phi) is 5.82. The Morgan fingerprint density at radius 2 is 1.70 bits per heavy atom. The number of hydrogen-bond acceptors (Lipinski definition) is 11. The Hall–Kier alpha value is -3.57. The van der Waals surface area contributed by atoms with Crippen LogP contribution in [0.3, 0.4) is 0 Å². The lowest BCUT2D eigenvalue weighted by Gasteiger charge is -2.23. The van der Waals surface area contributed by atoms with Crippen LogP contribution in [0.25, 0.3) is 11.5 Å². The molecule has 0 N–H and O–H groups in total. The quantitative estimate of drug-likeness (QED) is 0.503. The van der Waals surface area contributed by atoms with E-state index in [2.05, 4.69) is 25.2 Å². The number of hydrogen-bond donors (Lipinski definition) is 0. The smallest absolute Gasteiger partial charge is 0.490 e. The van der Waals surface area contributed by atoms with Crippen molar-refractivity contribution < 1.29 is 33.4 Å². The lowest BCUT2D eigenvalue weighted by molar-refractivity contribution is -0.177. The summed E-state index contributed by atoms with van der Waals surface area (Å²) in [4.78, 5) is 39.3. The van der Waals surface area contributed by atoms with E-state index in [0.29, 0.717) is 41.9 Å². The number of imide groups is 1. The summed E-state index contributed by atoms with van der Waals surface area (Å²) in [5.41, 5.74) is 0. The molecule has 158 valence electrons. The van der Waals surface area contributed by atoms with Crippen LogP contribution in [0.5, 0.6) is 0 Å². The van der Waals surface area contributed by atoms with Crippen LogP contribution >= 0.6 is 0 Å². The third kappa shape index (κ3) is 4.53. The van der Waals surface area contributed by atoms with Gasteiger partial charge in [0.2, 0.25) is 11.6 Å². The van der Waals surface area contributed by atoms with Crippen LogP contribution < -0.4 is 0 Å². The summed E-state index contributed by atoms with van der Waals surface area (Å²) in [5.74, 6) is 0.292. The number of ether oxygens (including phenoxy) is 3. The van der Waals surface area contributed by atoms with Crippen LogP contribution in [0, 0.1) is 0 Å². The number of amides is 2. The molecule has 1 saturated heterocycles. The fourth-order valence-electron chi connectivity index (χ4n) is 3.01. The number of carbonyl (C=O) groups is 3. The van der Waals surface area contributed by atoms with Gasteiger partial charge in [-0.1, -0.05) is 5.06 Å². The summed E-state index contributed by atoms with van der Waals surface area (Å²) < 4.78 is 16.2. The van der Waals surface area contributed by atoms with E-state index in [0.717, 1.165) is 12.8 Å². The molecule has 1 aromatic rings. The lowest BCUT2D eigenvalue weighted by atomic mass is 10.1. The van der Waals surface area contributed by atoms with Crippen molar-refractivity contribution in [3.63, 3.8) is 0 Å². The molecule has 0 aliphatic carbocycles. The van der Waals surface area contributed by atoms with Gasteiger partial charge >= 0.3 is 6.16 Å². The van der Waals surface area contributed by atoms with Gasteiger partial charge in [0.1, 0.15) is 12.7 Å². The molecule has 3 aliphatic rings. The molecular formula is C18H19N5O7. The molecule has 12 heteroatoms. The molecular weight excluding hydrogens is 398 g/mol. The number of allylic oxidation sites excluding steroid dienone is 2. The average Bonchev–Trinajstić information content (AvgIpc) is 3.11. The van der Waals surface area contributed by atoms with Gasteiger partial charge in [0.05, 0.1) is 6.61 Å². The molecule has 0 spiro atoms. The van der Waals surface area contributed by atoms with Crippen LogP contribution in [0.4, 0.5) is 4.79 Å². The summed E-state index contributed by atoms with van der Waals surface area (Å²) in [6.07, 6.45) is 5.15. The van der Waals surface area contributed by atoms with Crippen molar-refractivity contribution in [1.29, 1.82) is 0 Å². The van der Waals surface area contributed by atoms with Crippen LogP contribution in [0.15, 0.2) is 12.2 Å². The average molecular weight is 417 g/mol. The van der Waals surface area contributed by atoms with Crippen molar-refractivity contribution in [3.8, 4) is 0 Å². The van der Waals surface area contributed by atoms with Gasteiger partial charge in [0, 0.05) is 12.8 Å². The molecule has 1 aromatic heterocycles. The molecule has 30 heavy (non-hydrogen) atoms. The maximum Gasteiger partial charge on any atom is 0.534 e. The van der Waals surface area contributed by atoms with Crippen molar-refractivity contribution >= 4 is 29.5 Å². The van der Waals surface area contributed by atoms with Crippen molar-refractivity contribution in [1.82, 2.24) is 25.5 Å². The van der Waals surface area contributed by atoms with E-state index in [1.54, 1.807) is 6.08 Å². The van der Waals surface area contributed by atoms with E-state index in [1.807, 2.05) is 6.08 Å². The first-order valence-corrected chi connectivity index (χ1v) is 9.58. The second-order valence-electron chi connectivity index (χ2n) is 6.73. The molecule has 1 unspecified atom stereocenters. The van der Waals surface area contributed by atoms with E-state index in [-0.39, 0.29) is 25.3 Å². The van der Waals surface area contributed by atoms with Crippen molar-refractivity contribution in [2.24, 2.45) is 0 Å². The normalized spacial score (nSPS) is 21.3. The van der Waals surface area contributed by atoms with Gasteiger partial charge in [0.15, 0.2) is 11.5 Å². The van der Waals surface area contributed by atoms with E-state index in [9.17, 15) is 14.4 Å². The highest BCUT2D eigenvalue weighted by Gasteiger charge is 2.33.